The number of rotatable bonds is 8. The van der Waals surface area contributed by atoms with Gasteiger partial charge in [0.15, 0.2) is 5.96 Å². The third kappa shape index (κ3) is 8.64. The third-order valence-electron chi connectivity index (χ3n) is 4.36. The van der Waals surface area contributed by atoms with Crippen molar-refractivity contribution in [3.05, 3.63) is 29.8 Å². The second-order valence-electron chi connectivity index (χ2n) is 6.72. The summed E-state index contributed by atoms with van der Waals surface area (Å²) in [4.78, 5) is 18.1. The highest BCUT2D eigenvalue weighted by molar-refractivity contribution is 14.0. The average molecular weight is 504 g/mol. The van der Waals surface area contributed by atoms with Gasteiger partial charge in [-0.1, -0.05) is 18.2 Å². The Morgan fingerprint density at radius 1 is 1.29 bits per heavy atom. The lowest BCUT2D eigenvalue weighted by Crippen LogP contribution is -2.45. The van der Waals surface area contributed by atoms with Gasteiger partial charge in [0.25, 0.3) is 0 Å². The molecule has 1 aromatic rings. The van der Waals surface area contributed by atoms with Gasteiger partial charge in [-0.05, 0) is 32.3 Å². The number of carbonyl (C=O) groups is 1. The molecule has 158 valence electrons. The van der Waals surface area contributed by atoms with Crippen molar-refractivity contribution in [2.24, 2.45) is 4.99 Å². The van der Waals surface area contributed by atoms with Gasteiger partial charge in [0, 0.05) is 32.8 Å². The number of halogens is 1. The van der Waals surface area contributed by atoms with Crippen LogP contribution in [0.5, 0.6) is 5.75 Å². The quantitative estimate of drug-likeness (QED) is 0.323. The largest absolute Gasteiger partial charge is 0.494 e. The summed E-state index contributed by atoms with van der Waals surface area (Å²) >= 11 is 0. The zero-order valence-corrected chi connectivity index (χ0v) is 19.4. The van der Waals surface area contributed by atoms with Gasteiger partial charge in [0.2, 0.25) is 5.91 Å². The Kier molecular flexibility index (Phi) is 11.9. The second kappa shape index (κ2) is 13.6. The maximum atomic E-state index is 11.9. The van der Waals surface area contributed by atoms with E-state index in [4.69, 9.17) is 9.47 Å². The highest BCUT2D eigenvalue weighted by Gasteiger charge is 2.15. The Morgan fingerprint density at radius 2 is 2.07 bits per heavy atom. The minimum absolute atomic E-state index is 0. The van der Waals surface area contributed by atoms with E-state index in [-0.39, 0.29) is 42.5 Å². The van der Waals surface area contributed by atoms with Crippen LogP contribution >= 0.6 is 24.0 Å². The Morgan fingerprint density at radius 3 is 2.75 bits per heavy atom. The first kappa shape index (κ1) is 24.5. The lowest BCUT2D eigenvalue weighted by Gasteiger charge is -2.24. The molecule has 1 fully saturated rings. The lowest BCUT2D eigenvalue weighted by molar-refractivity contribution is -0.127. The molecule has 28 heavy (non-hydrogen) atoms. The van der Waals surface area contributed by atoms with Crippen LogP contribution < -0.4 is 15.4 Å². The van der Waals surface area contributed by atoms with Crippen LogP contribution in [0.15, 0.2) is 29.3 Å². The van der Waals surface area contributed by atoms with Crippen molar-refractivity contribution in [2.75, 3.05) is 40.4 Å². The van der Waals surface area contributed by atoms with Gasteiger partial charge >= 0.3 is 0 Å². The summed E-state index contributed by atoms with van der Waals surface area (Å²) < 4.78 is 11.4. The molecule has 1 unspecified atom stereocenters. The number of carbonyl (C=O) groups excluding carboxylic acids is 1. The molecule has 0 aromatic heterocycles. The first-order valence-corrected chi connectivity index (χ1v) is 9.64. The van der Waals surface area contributed by atoms with E-state index in [2.05, 4.69) is 15.6 Å². The second-order valence-corrected chi connectivity index (χ2v) is 6.72. The molecule has 1 aliphatic rings. The van der Waals surface area contributed by atoms with Crippen molar-refractivity contribution in [3.63, 3.8) is 0 Å². The summed E-state index contributed by atoms with van der Waals surface area (Å²) in [7, 11) is 3.48. The molecule has 0 bridgehead atoms. The van der Waals surface area contributed by atoms with Crippen LogP contribution in [0.2, 0.25) is 0 Å². The molecule has 2 rings (SSSR count). The molecule has 7 nitrogen and oxygen atoms in total. The Balaban J connectivity index is 0.00000392. The van der Waals surface area contributed by atoms with Crippen molar-refractivity contribution in [3.8, 4) is 5.75 Å². The maximum absolute atomic E-state index is 11.9. The Hall–Kier alpha value is -1.55. The SMILES string of the molecule is CCOc1ccccc1CN=C(NCC(=O)N(C)C)NCC1CCCCO1.I. The minimum Gasteiger partial charge on any atom is -0.494 e. The van der Waals surface area contributed by atoms with Gasteiger partial charge in [-0.15, -0.1) is 24.0 Å². The van der Waals surface area contributed by atoms with Gasteiger partial charge in [0.05, 0.1) is 25.8 Å². The number of hydrogen-bond donors (Lipinski definition) is 2. The van der Waals surface area contributed by atoms with Crippen LogP contribution in [-0.2, 0) is 16.1 Å². The maximum Gasteiger partial charge on any atom is 0.241 e. The summed E-state index contributed by atoms with van der Waals surface area (Å²) in [6, 6.07) is 7.87. The van der Waals surface area contributed by atoms with E-state index >= 15 is 0 Å². The fraction of sp³-hybridized carbons (Fsp3) is 0.600. The average Bonchev–Trinajstić information content (AvgIpc) is 2.69. The Labute approximate surface area is 185 Å². The first-order valence-electron chi connectivity index (χ1n) is 9.64. The number of para-hydroxylation sites is 1. The highest BCUT2D eigenvalue weighted by atomic mass is 127. The van der Waals surface area contributed by atoms with Gasteiger partial charge in [-0.2, -0.15) is 0 Å². The highest BCUT2D eigenvalue weighted by Crippen LogP contribution is 2.18. The van der Waals surface area contributed by atoms with Crippen LogP contribution in [-0.4, -0.2) is 63.3 Å². The van der Waals surface area contributed by atoms with E-state index in [9.17, 15) is 4.79 Å². The molecule has 1 heterocycles. The smallest absolute Gasteiger partial charge is 0.241 e. The number of amides is 1. The zero-order valence-electron chi connectivity index (χ0n) is 17.1. The zero-order chi connectivity index (χ0) is 19.5. The minimum atomic E-state index is -0.00636. The third-order valence-corrected chi connectivity index (χ3v) is 4.36. The molecule has 0 radical (unpaired) electrons. The van der Waals surface area contributed by atoms with Crippen molar-refractivity contribution in [1.29, 1.82) is 0 Å². The number of nitrogens with one attached hydrogen (secondary N) is 2. The molecular formula is C20H33IN4O3. The molecule has 1 amide bonds. The van der Waals surface area contributed by atoms with E-state index in [1.54, 1.807) is 19.0 Å². The van der Waals surface area contributed by atoms with E-state index in [0.717, 1.165) is 30.8 Å². The van der Waals surface area contributed by atoms with Gasteiger partial charge in [0.1, 0.15) is 5.75 Å². The molecule has 0 spiro atoms. The van der Waals surface area contributed by atoms with Gasteiger partial charge in [-0.25, -0.2) is 4.99 Å². The molecular weight excluding hydrogens is 471 g/mol. The van der Waals surface area contributed by atoms with Crippen LogP contribution in [0.4, 0.5) is 0 Å². The predicted molar refractivity (Wildman–Crippen MR) is 122 cm³/mol. The topological polar surface area (TPSA) is 75.2 Å². The fourth-order valence-corrected chi connectivity index (χ4v) is 2.77. The number of ether oxygens (including phenoxy) is 2. The van der Waals surface area contributed by atoms with Crippen molar-refractivity contribution in [2.45, 2.75) is 38.8 Å². The molecule has 1 atom stereocenters. The summed E-state index contributed by atoms with van der Waals surface area (Å²) in [6.45, 7) is 4.72. The van der Waals surface area contributed by atoms with E-state index < -0.39 is 0 Å². The number of nitrogens with zero attached hydrogens (tertiary/aromatic N) is 2. The fourth-order valence-electron chi connectivity index (χ4n) is 2.77. The van der Waals surface area contributed by atoms with Crippen molar-refractivity contribution in [1.82, 2.24) is 15.5 Å². The number of aliphatic imine (C=N–C) groups is 1. The van der Waals surface area contributed by atoms with Crippen LogP contribution in [0.1, 0.15) is 31.7 Å². The monoisotopic (exact) mass is 504 g/mol. The number of benzene rings is 1. The standard InChI is InChI=1S/C20H32N4O3.HI/c1-4-26-18-11-6-5-9-16(18)13-21-20(23-15-19(25)24(2)3)22-14-17-10-7-8-12-27-17;/h5-6,9,11,17H,4,7-8,10,12-15H2,1-3H3,(H2,21,22,23);1H. The molecule has 8 heteroatoms. The number of guanidine groups is 1. The molecule has 1 aliphatic heterocycles. The molecule has 0 saturated carbocycles. The van der Waals surface area contributed by atoms with Crippen LogP contribution in [0.25, 0.3) is 0 Å². The number of hydrogen-bond acceptors (Lipinski definition) is 4. The van der Waals surface area contributed by atoms with E-state index in [1.165, 1.54) is 6.42 Å². The summed E-state index contributed by atoms with van der Waals surface area (Å²) in [5.74, 6) is 1.43. The van der Waals surface area contributed by atoms with Crippen molar-refractivity contribution < 1.29 is 14.3 Å². The summed E-state index contributed by atoms with van der Waals surface area (Å²) in [6.07, 6.45) is 3.55. The van der Waals surface area contributed by atoms with E-state index in [0.29, 0.717) is 25.7 Å². The predicted octanol–water partition coefficient (Wildman–Crippen LogP) is 2.40. The molecule has 0 aliphatic carbocycles. The normalized spacial score (nSPS) is 16.7. The summed E-state index contributed by atoms with van der Waals surface area (Å²) in [5.41, 5.74) is 1.01. The summed E-state index contributed by atoms with van der Waals surface area (Å²) in [5, 5.41) is 6.42. The molecule has 1 aromatic carbocycles. The van der Waals surface area contributed by atoms with Gasteiger partial charge in [-0.3, -0.25) is 4.79 Å². The van der Waals surface area contributed by atoms with Crippen molar-refractivity contribution >= 4 is 35.8 Å². The van der Waals surface area contributed by atoms with Crippen LogP contribution in [0.3, 0.4) is 0 Å². The Bertz CT molecular complexity index is 619. The molecule has 1 saturated heterocycles. The van der Waals surface area contributed by atoms with E-state index in [1.807, 2.05) is 31.2 Å². The lowest BCUT2D eigenvalue weighted by atomic mass is 10.1. The first-order chi connectivity index (χ1) is 13.1. The van der Waals surface area contributed by atoms with Crippen LogP contribution in [0, 0.1) is 0 Å². The molecule has 2 N–H and O–H groups in total. The van der Waals surface area contributed by atoms with Gasteiger partial charge < -0.3 is 25.0 Å². The number of likely N-dealkylation sites (N-methyl/N-ethyl adjacent to an activating group) is 1.